The predicted molar refractivity (Wildman–Crippen MR) is 117 cm³/mol. The number of thioether (sulfide) groups is 1. The molecule has 28 heavy (non-hydrogen) atoms. The highest BCUT2D eigenvalue weighted by Gasteiger charge is 2.33. The van der Waals surface area contributed by atoms with Crippen LogP contribution in [0.1, 0.15) is 62.3 Å². The van der Waals surface area contributed by atoms with Crippen molar-refractivity contribution in [2.45, 2.75) is 56.8 Å². The van der Waals surface area contributed by atoms with Crippen molar-refractivity contribution in [3.63, 3.8) is 0 Å². The number of esters is 1. The fraction of sp³-hybridized carbons (Fsp3) is 0.400. The summed E-state index contributed by atoms with van der Waals surface area (Å²) in [6, 6.07) is 14.5. The van der Waals surface area contributed by atoms with E-state index in [1.807, 2.05) is 43.0 Å². The van der Waals surface area contributed by atoms with Gasteiger partial charge in [-0.05, 0) is 78.8 Å². The molecule has 3 heteroatoms. The molecular formula is C25H28O2S. The second kappa shape index (κ2) is 9.34. The van der Waals surface area contributed by atoms with Gasteiger partial charge in [0, 0.05) is 16.0 Å². The summed E-state index contributed by atoms with van der Waals surface area (Å²) >= 11 is 1.97. The van der Waals surface area contributed by atoms with E-state index in [4.69, 9.17) is 4.74 Å². The molecule has 1 aliphatic heterocycles. The Labute approximate surface area is 173 Å². The molecule has 0 atom stereocenters. The first-order chi connectivity index (χ1) is 13.6. The van der Waals surface area contributed by atoms with Crippen LogP contribution in [0.3, 0.4) is 0 Å². The zero-order chi connectivity index (χ0) is 20.0. The highest BCUT2D eigenvalue weighted by Crippen LogP contribution is 2.46. The summed E-state index contributed by atoms with van der Waals surface area (Å²) in [5, 5.41) is 0. The maximum atomic E-state index is 11.6. The van der Waals surface area contributed by atoms with E-state index in [1.54, 1.807) is 0 Å². The van der Waals surface area contributed by atoms with Crippen molar-refractivity contribution in [1.82, 2.24) is 0 Å². The smallest absolute Gasteiger partial charge is 0.310 e. The lowest BCUT2D eigenvalue weighted by atomic mass is 9.73. The standard InChI is InChI=1S/C25H28O2S/c1-4-25(5-2)15-16-28-23-14-13-20(17-22(23)25)10-7-19-8-11-21(12-9-19)18-24(26)27-6-3/h8-9,11-14,17H,4-6,15-16,18H2,1-3H3. The maximum Gasteiger partial charge on any atom is 0.310 e. The lowest BCUT2D eigenvalue weighted by molar-refractivity contribution is -0.142. The fourth-order valence-corrected chi connectivity index (χ4v) is 5.16. The number of carbonyl (C=O) groups is 1. The van der Waals surface area contributed by atoms with Crippen LogP contribution in [0.25, 0.3) is 0 Å². The van der Waals surface area contributed by atoms with Gasteiger partial charge in [0.1, 0.15) is 0 Å². The van der Waals surface area contributed by atoms with Gasteiger partial charge in [-0.15, -0.1) is 11.8 Å². The summed E-state index contributed by atoms with van der Waals surface area (Å²) in [5.41, 5.74) is 4.75. The number of rotatable bonds is 5. The quantitative estimate of drug-likeness (QED) is 0.479. The number of carbonyl (C=O) groups excluding carboxylic acids is 1. The zero-order valence-corrected chi connectivity index (χ0v) is 17.8. The minimum absolute atomic E-state index is 0.191. The predicted octanol–water partition coefficient (Wildman–Crippen LogP) is 5.75. The van der Waals surface area contributed by atoms with Crippen LogP contribution < -0.4 is 0 Å². The van der Waals surface area contributed by atoms with E-state index in [-0.39, 0.29) is 5.97 Å². The largest absolute Gasteiger partial charge is 0.466 e. The fourth-order valence-electron chi connectivity index (χ4n) is 3.85. The third-order valence-electron chi connectivity index (χ3n) is 5.70. The first kappa shape index (κ1) is 20.6. The molecule has 1 aliphatic rings. The van der Waals surface area contributed by atoms with Crippen molar-refractivity contribution in [3.8, 4) is 11.8 Å². The number of fused-ring (bicyclic) bond motifs is 1. The van der Waals surface area contributed by atoms with E-state index in [1.165, 1.54) is 35.5 Å². The minimum atomic E-state index is -0.191. The molecule has 0 saturated carbocycles. The van der Waals surface area contributed by atoms with Gasteiger partial charge >= 0.3 is 5.97 Å². The van der Waals surface area contributed by atoms with Gasteiger partial charge in [-0.2, -0.15) is 0 Å². The molecule has 3 rings (SSSR count). The Balaban J connectivity index is 1.78. The van der Waals surface area contributed by atoms with Crippen LogP contribution in [-0.2, 0) is 21.4 Å². The summed E-state index contributed by atoms with van der Waals surface area (Å²) in [5.74, 6) is 7.61. The van der Waals surface area contributed by atoms with Gasteiger partial charge in [0.2, 0.25) is 0 Å². The number of ether oxygens (including phenoxy) is 1. The molecule has 0 bridgehead atoms. The lowest BCUT2D eigenvalue weighted by Crippen LogP contribution is -2.28. The van der Waals surface area contributed by atoms with Crippen LogP contribution in [0.15, 0.2) is 47.4 Å². The Morgan fingerprint density at radius 2 is 1.71 bits per heavy atom. The van der Waals surface area contributed by atoms with Crippen LogP contribution in [0.4, 0.5) is 0 Å². The van der Waals surface area contributed by atoms with Gasteiger partial charge in [-0.1, -0.05) is 37.8 Å². The molecule has 0 radical (unpaired) electrons. The average molecular weight is 393 g/mol. The Hall–Kier alpha value is -2.18. The van der Waals surface area contributed by atoms with Crippen molar-refractivity contribution in [2.24, 2.45) is 0 Å². The Morgan fingerprint density at radius 3 is 2.39 bits per heavy atom. The van der Waals surface area contributed by atoms with Gasteiger partial charge in [0.15, 0.2) is 0 Å². The van der Waals surface area contributed by atoms with Crippen LogP contribution in [0.2, 0.25) is 0 Å². The number of benzene rings is 2. The molecule has 2 aromatic rings. The summed E-state index contributed by atoms with van der Waals surface area (Å²) in [6.45, 7) is 6.85. The molecule has 0 amide bonds. The minimum Gasteiger partial charge on any atom is -0.466 e. The third kappa shape index (κ3) is 4.62. The first-order valence-electron chi connectivity index (χ1n) is 10.1. The second-order valence-electron chi connectivity index (χ2n) is 7.23. The van der Waals surface area contributed by atoms with Crippen molar-refractivity contribution in [2.75, 3.05) is 12.4 Å². The third-order valence-corrected chi connectivity index (χ3v) is 6.78. The molecule has 0 spiro atoms. The molecule has 0 aliphatic carbocycles. The lowest BCUT2D eigenvalue weighted by Gasteiger charge is -2.37. The number of hydrogen-bond donors (Lipinski definition) is 0. The maximum absolute atomic E-state index is 11.6. The SMILES string of the molecule is CCOC(=O)Cc1ccc(C#Cc2ccc3c(c2)C(CC)(CC)CCS3)cc1. The molecule has 0 saturated heterocycles. The number of hydrogen-bond acceptors (Lipinski definition) is 3. The van der Waals surface area contributed by atoms with Crippen LogP contribution in [-0.4, -0.2) is 18.3 Å². The average Bonchev–Trinajstić information content (AvgIpc) is 2.73. The molecule has 0 N–H and O–H groups in total. The highest BCUT2D eigenvalue weighted by atomic mass is 32.2. The Morgan fingerprint density at radius 1 is 1.04 bits per heavy atom. The van der Waals surface area contributed by atoms with Crippen LogP contribution in [0.5, 0.6) is 0 Å². The van der Waals surface area contributed by atoms with Crippen molar-refractivity contribution in [1.29, 1.82) is 0 Å². The van der Waals surface area contributed by atoms with Gasteiger partial charge in [-0.3, -0.25) is 4.79 Å². The molecule has 0 unspecified atom stereocenters. The zero-order valence-electron chi connectivity index (χ0n) is 17.0. The van der Waals surface area contributed by atoms with E-state index in [0.29, 0.717) is 18.4 Å². The summed E-state index contributed by atoms with van der Waals surface area (Å²) in [4.78, 5) is 13.0. The van der Waals surface area contributed by atoms with E-state index >= 15 is 0 Å². The van der Waals surface area contributed by atoms with Crippen LogP contribution >= 0.6 is 11.8 Å². The molecule has 1 heterocycles. The van der Waals surface area contributed by atoms with Gasteiger partial charge < -0.3 is 4.74 Å². The van der Waals surface area contributed by atoms with E-state index in [2.05, 4.69) is 43.9 Å². The van der Waals surface area contributed by atoms with Gasteiger partial charge in [0.25, 0.3) is 0 Å². The summed E-state index contributed by atoms with van der Waals surface area (Å²) in [6.07, 6.45) is 3.91. The molecule has 0 aromatic heterocycles. The van der Waals surface area contributed by atoms with Gasteiger partial charge in [0.05, 0.1) is 13.0 Å². The molecule has 2 nitrogen and oxygen atoms in total. The molecule has 2 aromatic carbocycles. The highest BCUT2D eigenvalue weighted by molar-refractivity contribution is 7.99. The van der Waals surface area contributed by atoms with E-state index < -0.39 is 0 Å². The Bertz CT molecular complexity index is 883. The molecule has 0 fully saturated rings. The van der Waals surface area contributed by atoms with Gasteiger partial charge in [-0.25, -0.2) is 0 Å². The second-order valence-corrected chi connectivity index (χ2v) is 8.36. The topological polar surface area (TPSA) is 26.3 Å². The molecular weight excluding hydrogens is 364 g/mol. The van der Waals surface area contributed by atoms with E-state index in [9.17, 15) is 4.79 Å². The molecule has 146 valence electrons. The summed E-state index contributed by atoms with van der Waals surface area (Å²) in [7, 11) is 0. The van der Waals surface area contributed by atoms with Crippen molar-refractivity contribution >= 4 is 17.7 Å². The van der Waals surface area contributed by atoms with Crippen LogP contribution in [0, 0.1) is 11.8 Å². The van der Waals surface area contributed by atoms with Crippen molar-refractivity contribution in [3.05, 3.63) is 64.7 Å². The summed E-state index contributed by atoms with van der Waals surface area (Å²) < 4.78 is 4.99. The van der Waals surface area contributed by atoms with Crippen molar-refractivity contribution < 1.29 is 9.53 Å². The Kier molecular flexibility index (Phi) is 6.86. The normalized spacial score (nSPS) is 14.5. The monoisotopic (exact) mass is 392 g/mol. The van der Waals surface area contributed by atoms with E-state index in [0.717, 1.165) is 16.7 Å². The first-order valence-corrected chi connectivity index (χ1v) is 11.1.